The summed E-state index contributed by atoms with van der Waals surface area (Å²) in [5.74, 6) is 1.32. The summed E-state index contributed by atoms with van der Waals surface area (Å²) in [5, 5.41) is 0. The maximum Gasteiger partial charge on any atom is 0.266 e. The Morgan fingerprint density at radius 3 is 3.00 bits per heavy atom. The molecule has 2 aromatic rings. The van der Waals surface area contributed by atoms with Gasteiger partial charge in [0.1, 0.15) is 4.32 Å². The number of fused-ring (bicyclic) bond motifs is 1. The number of aromatic nitrogens is 1. The SMILES string of the molecule is O=C1/C(=C/c2ccc3c(c2)OCO3)SC(=S)N1Cc1cccnc1. The summed E-state index contributed by atoms with van der Waals surface area (Å²) in [6.07, 6.45) is 5.26. The number of ether oxygens (including phenoxy) is 2. The maximum absolute atomic E-state index is 12.6. The number of nitrogens with zero attached hydrogens (tertiary/aromatic N) is 2. The summed E-state index contributed by atoms with van der Waals surface area (Å²) >= 11 is 6.66. The van der Waals surface area contributed by atoms with E-state index in [1.165, 1.54) is 11.8 Å². The van der Waals surface area contributed by atoms with Gasteiger partial charge in [-0.2, -0.15) is 0 Å². The highest BCUT2D eigenvalue weighted by molar-refractivity contribution is 8.26. The van der Waals surface area contributed by atoms with Crippen molar-refractivity contribution in [2.75, 3.05) is 6.79 Å². The number of amides is 1. The third-order valence-corrected chi connectivity index (χ3v) is 5.01. The molecule has 0 spiro atoms. The summed E-state index contributed by atoms with van der Waals surface area (Å²) in [6.45, 7) is 0.656. The Kier molecular flexibility index (Phi) is 3.95. The Balaban J connectivity index is 1.56. The van der Waals surface area contributed by atoms with Gasteiger partial charge in [0.2, 0.25) is 6.79 Å². The van der Waals surface area contributed by atoms with Gasteiger partial charge in [-0.25, -0.2) is 0 Å². The number of carbonyl (C=O) groups is 1. The molecule has 1 fully saturated rings. The van der Waals surface area contributed by atoms with Crippen LogP contribution >= 0.6 is 24.0 Å². The molecule has 0 radical (unpaired) electrons. The van der Waals surface area contributed by atoms with Crippen LogP contribution < -0.4 is 9.47 Å². The van der Waals surface area contributed by atoms with Gasteiger partial charge in [0.15, 0.2) is 11.5 Å². The van der Waals surface area contributed by atoms with Crippen molar-refractivity contribution in [1.82, 2.24) is 9.88 Å². The van der Waals surface area contributed by atoms with Crippen LogP contribution in [-0.4, -0.2) is 26.9 Å². The van der Waals surface area contributed by atoms with Crippen LogP contribution in [0.1, 0.15) is 11.1 Å². The number of carbonyl (C=O) groups excluding carboxylic acids is 1. The quantitative estimate of drug-likeness (QED) is 0.622. The van der Waals surface area contributed by atoms with Gasteiger partial charge in [0.05, 0.1) is 11.4 Å². The van der Waals surface area contributed by atoms with E-state index in [0.29, 0.717) is 21.5 Å². The van der Waals surface area contributed by atoms with Crippen molar-refractivity contribution in [3.8, 4) is 11.5 Å². The van der Waals surface area contributed by atoms with Crippen molar-refractivity contribution in [2.24, 2.45) is 0 Å². The van der Waals surface area contributed by atoms with E-state index < -0.39 is 0 Å². The van der Waals surface area contributed by atoms with Gasteiger partial charge in [-0.15, -0.1) is 0 Å². The van der Waals surface area contributed by atoms with Crippen LogP contribution in [0.15, 0.2) is 47.6 Å². The number of thioether (sulfide) groups is 1. The van der Waals surface area contributed by atoms with Crippen LogP contribution in [0.3, 0.4) is 0 Å². The van der Waals surface area contributed by atoms with Crippen molar-refractivity contribution < 1.29 is 14.3 Å². The second-order valence-electron chi connectivity index (χ2n) is 5.24. The zero-order chi connectivity index (χ0) is 16.5. The predicted molar refractivity (Wildman–Crippen MR) is 95.5 cm³/mol. The first-order valence-corrected chi connectivity index (χ1v) is 8.47. The lowest BCUT2D eigenvalue weighted by Gasteiger charge is -2.13. The summed E-state index contributed by atoms with van der Waals surface area (Å²) in [4.78, 5) is 18.9. The van der Waals surface area contributed by atoms with E-state index in [4.69, 9.17) is 21.7 Å². The second kappa shape index (κ2) is 6.26. The molecule has 1 amide bonds. The normalized spacial score (nSPS) is 17.8. The molecule has 0 atom stereocenters. The Morgan fingerprint density at radius 1 is 1.29 bits per heavy atom. The van der Waals surface area contributed by atoms with Gasteiger partial charge < -0.3 is 9.47 Å². The average Bonchev–Trinajstić information content (AvgIpc) is 3.16. The number of pyridine rings is 1. The minimum atomic E-state index is -0.0912. The fourth-order valence-corrected chi connectivity index (χ4v) is 3.72. The van der Waals surface area contributed by atoms with Crippen molar-refractivity contribution in [2.45, 2.75) is 6.54 Å². The van der Waals surface area contributed by atoms with Crippen LogP contribution in [0.25, 0.3) is 6.08 Å². The molecule has 1 aromatic heterocycles. The molecule has 3 heterocycles. The molecule has 0 aliphatic carbocycles. The molecular weight excluding hydrogens is 344 g/mol. The lowest BCUT2D eigenvalue weighted by Crippen LogP contribution is -2.27. The first kappa shape index (κ1) is 15.2. The molecule has 4 rings (SSSR count). The summed E-state index contributed by atoms with van der Waals surface area (Å²) in [5.41, 5.74) is 1.82. The van der Waals surface area contributed by atoms with E-state index in [-0.39, 0.29) is 12.7 Å². The first-order chi connectivity index (χ1) is 11.7. The number of thiocarbonyl (C=S) groups is 1. The maximum atomic E-state index is 12.6. The third kappa shape index (κ3) is 2.88. The molecule has 24 heavy (non-hydrogen) atoms. The van der Waals surface area contributed by atoms with E-state index in [0.717, 1.165) is 16.9 Å². The fraction of sp³-hybridized carbons (Fsp3) is 0.118. The Hall–Kier alpha value is -2.38. The Bertz CT molecular complexity index is 852. The number of hydrogen-bond donors (Lipinski definition) is 0. The van der Waals surface area contributed by atoms with E-state index >= 15 is 0 Å². The second-order valence-corrected chi connectivity index (χ2v) is 6.92. The zero-order valence-electron chi connectivity index (χ0n) is 12.5. The van der Waals surface area contributed by atoms with Gasteiger partial charge >= 0.3 is 0 Å². The molecule has 0 N–H and O–H groups in total. The first-order valence-electron chi connectivity index (χ1n) is 7.24. The molecule has 2 aliphatic rings. The monoisotopic (exact) mass is 356 g/mol. The van der Waals surface area contributed by atoms with Gasteiger partial charge in [-0.3, -0.25) is 14.7 Å². The van der Waals surface area contributed by atoms with E-state index in [9.17, 15) is 4.79 Å². The zero-order valence-corrected chi connectivity index (χ0v) is 14.1. The molecular formula is C17H12N2O3S2. The largest absolute Gasteiger partial charge is 0.454 e. The topological polar surface area (TPSA) is 51.7 Å². The summed E-state index contributed by atoms with van der Waals surface area (Å²) in [7, 11) is 0. The molecule has 2 aliphatic heterocycles. The number of benzene rings is 1. The highest BCUT2D eigenvalue weighted by atomic mass is 32.2. The fourth-order valence-electron chi connectivity index (χ4n) is 2.46. The molecule has 0 bridgehead atoms. The third-order valence-electron chi connectivity index (χ3n) is 3.63. The van der Waals surface area contributed by atoms with Gasteiger partial charge in [-0.05, 0) is 35.4 Å². The van der Waals surface area contributed by atoms with Crippen LogP contribution in [-0.2, 0) is 11.3 Å². The van der Waals surface area contributed by atoms with Gasteiger partial charge in [0, 0.05) is 12.4 Å². The predicted octanol–water partition coefficient (Wildman–Crippen LogP) is 3.21. The molecule has 0 saturated carbocycles. The molecule has 120 valence electrons. The Labute approximate surface area is 148 Å². The standard InChI is InChI=1S/C17H12N2O3S2/c20-16-15(7-11-3-4-13-14(6-11)22-10-21-13)24-17(23)19(16)9-12-2-1-5-18-8-12/h1-8H,9-10H2/b15-7-. The lowest BCUT2D eigenvalue weighted by atomic mass is 10.2. The molecule has 0 unspecified atom stereocenters. The van der Waals surface area contributed by atoms with Crippen LogP contribution in [0.5, 0.6) is 11.5 Å². The highest BCUT2D eigenvalue weighted by Gasteiger charge is 2.32. The highest BCUT2D eigenvalue weighted by Crippen LogP contribution is 2.36. The Morgan fingerprint density at radius 2 is 2.17 bits per heavy atom. The van der Waals surface area contributed by atoms with Crippen LogP contribution in [0, 0.1) is 0 Å². The van der Waals surface area contributed by atoms with Crippen LogP contribution in [0.4, 0.5) is 0 Å². The van der Waals surface area contributed by atoms with Gasteiger partial charge in [-0.1, -0.05) is 36.1 Å². The summed E-state index contributed by atoms with van der Waals surface area (Å²) < 4.78 is 11.2. The minimum absolute atomic E-state index is 0.0912. The number of rotatable bonds is 3. The minimum Gasteiger partial charge on any atom is -0.454 e. The van der Waals surface area contributed by atoms with E-state index in [1.54, 1.807) is 17.3 Å². The van der Waals surface area contributed by atoms with E-state index in [2.05, 4.69) is 4.98 Å². The molecule has 1 saturated heterocycles. The van der Waals surface area contributed by atoms with Crippen molar-refractivity contribution in [3.63, 3.8) is 0 Å². The molecule has 7 heteroatoms. The lowest BCUT2D eigenvalue weighted by molar-refractivity contribution is -0.122. The molecule has 5 nitrogen and oxygen atoms in total. The van der Waals surface area contributed by atoms with Gasteiger partial charge in [0.25, 0.3) is 5.91 Å². The van der Waals surface area contributed by atoms with Crippen molar-refractivity contribution >= 4 is 40.3 Å². The number of hydrogen-bond acceptors (Lipinski definition) is 6. The van der Waals surface area contributed by atoms with Crippen molar-refractivity contribution in [1.29, 1.82) is 0 Å². The average molecular weight is 356 g/mol. The summed E-state index contributed by atoms with van der Waals surface area (Å²) in [6, 6.07) is 9.35. The van der Waals surface area contributed by atoms with Crippen molar-refractivity contribution in [3.05, 3.63) is 58.8 Å². The molecule has 1 aromatic carbocycles. The van der Waals surface area contributed by atoms with E-state index in [1.807, 2.05) is 36.4 Å². The smallest absolute Gasteiger partial charge is 0.266 e. The van der Waals surface area contributed by atoms with Crippen LogP contribution in [0.2, 0.25) is 0 Å².